The number of nitrogens with two attached hydrogens (primary N) is 1. The zero-order chi connectivity index (χ0) is 14.7. The van der Waals surface area contributed by atoms with E-state index in [0.717, 1.165) is 42.3 Å². The lowest BCUT2D eigenvalue weighted by Gasteiger charge is -2.39. The lowest BCUT2D eigenvalue weighted by Crippen LogP contribution is -2.42. The third-order valence-electron chi connectivity index (χ3n) is 4.49. The van der Waals surface area contributed by atoms with Crippen molar-refractivity contribution < 1.29 is 4.39 Å². The van der Waals surface area contributed by atoms with Crippen molar-refractivity contribution in [3.63, 3.8) is 0 Å². The first-order valence-corrected chi connectivity index (χ1v) is 8.28. The van der Waals surface area contributed by atoms with Gasteiger partial charge in [-0.25, -0.2) is 4.39 Å². The summed E-state index contributed by atoms with van der Waals surface area (Å²) in [6.45, 7) is 5.20. The summed E-state index contributed by atoms with van der Waals surface area (Å²) in [7, 11) is 0. The number of hydrogen-bond acceptors (Lipinski definition) is 2. The molecule has 0 aliphatic heterocycles. The highest BCUT2D eigenvalue weighted by molar-refractivity contribution is 9.10. The molecular formula is C16H24BrFN2. The zero-order valence-corrected chi connectivity index (χ0v) is 13.9. The zero-order valence-electron chi connectivity index (χ0n) is 12.3. The molecule has 1 atom stereocenters. The van der Waals surface area contributed by atoms with Gasteiger partial charge in [0.05, 0.1) is 0 Å². The normalized spacial score (nSPS) is 24.9. The molecule has 0 heterocycles. The SMILES string of the molecule is CCN(C1CCC(N)CC1)C(C)c1ccc(Br)cc1F. The molecule has 1 aliphatic rings. The maximum Gasteiger partial charge on any atom is 0.129 e. The van der Waals surface area contributed by atoms with Crippen LogP contribution < -0.4 is 5.73 Å². The average Bonchev–Trinajstić information content (AvgIpc) is 2.41. The summed E-state index contributed by atoms with van der Waals surface area (Å²) < 4.78 is 14.9. The smallest absolute Gasteiger partial charge is 0.129 e. The first-order valence-electron chi connectivity index (χ1n) is 7.49. The first-order chi connectivity index (χ1) is 9.52. The van der Waals surface area contributed by atoms with E-state index < -0.39 is 0 Å². The van der Waals surface area contributed by atoms with Crippen molar-refractivity contribution in [1.82, 2.24) is 4.90 Å². The number of halogens is 2. The van der Waals surface area contributed by atoms with Gasteiger partial charge in [0, 0.05) is 28.2 Å². The van der Waals surface area contributed by atoms with Crippen LogP contribution in [0.2, 0.25) is 0 Å². The second-order valence-corrected chi connectivity index (χ2v) is 6.66. The van der Waals surface area contributed by atoms with Crippen LogP contribution in [0, 0.1) is 5.82 Å². The fraction of sp³-hybridized carbons (Fsp3) is 0.625. The van der Waals surface area contributed by atoms with Crippen LogP contribution in [0.4, 0.5) is 4.39 Å². The van der Waals surface area contributed by atoms with E-state index >= 15 is 0 Å². The van der Waals surface area contributed by atoms with Crippen molar-refractivity contribution in [3.05, 3.63) is 34.1 Å². The van der Waals surface area contributed by atoms with Crippen LogP contribution in [0.3, 0.4) is 0 Å². The Morgan fingerprint density at radius 1 is 1.35 bits per heavy atom. The van der Waals surface area contributed by atoms with Gasteiger partial charge in [-0.1, -0.05) is 28.9 Å². The van der Waals surface area contributed by atoms with E-state index in [1.54, 1.807) is 6.07 Å². The Balaban J connectivity index is 2.14. The molecule has 0 radical (unpaired) electrons. The Labute approximate surface area is 129 Å². The molecule has 112 valence electrons. The van der Waals surface area contributed by atoms with Gasteiger partial charge in [-0.2, -0.15) is 0 Å². The number of nitrogens with zero attached hydrogens (tertiary/aromatic N) is 1. The summed E-state index contributed by atoms with van der Waals surface area (Å²) in [6.07, 6.45) is 4.41. The largest absolute Gasteiger partial charge is 0.328 e. The number of benzene rings is 1. The Morgan fingerprint density at radius 3 is 2.55 bits per heavy atom. The average molecular weight is 343 g/mol. The number of hydrogen-bond donors (Lipinski definition) is 1. The summed E-state index contributed by atoms with van der Waals surface area (Å²) in [5.41, 5.74) is 6.77. The summed E-state index contributed by atoms with van der Waals surface area (Å²) in [5.74, 6) is -0.127. The highest BCUT2D eigenvalue weighted by atomic mass is 79.9. The molecule has 0 aromatic heterocycles. The van der Waals surface area contributed by atoms with Gasteiger partial charge in [-0.15, -0.1) is 0 Å². The van der Waals surface area contributed by atoms with Crippen LogP contribution in [0.25, 0.3) is 0 Å². The van der Waals surface area contributed by atoms with Crippen LogP contribution in [0.5, 0.6) is 0 Å². The van der Waals surface area contributed by atoms with Gasteiger partial charge in [0.1, 0.15) is 5.82 Å². The fourth-order valence-corrected chi connectivity index (χ4v) is 3.63. The van der Waals surface area contributed by atoms with E-state index in [2.05, 4.69) is 34.7 Å². The van der Waals surface area contributed by atoms with Gasteiger partial charge >= 0.3 is 0 Å². The third-order valence-corrected chi connectivity index (χ3v) is 4.98. The first kappa shape index (κ1) is 15.9. The summed E-state index contributed by atoms with van der Waals surface area (Å²) in [6, 6.07) is 6.34. The Morgan fingerprint density at radius 2 is 2.00 bits per heavy atom. The molecule has 20 heavy (non-hydrogen) atoms. The molecule has 0 amide bonds. The lowest BCUT2D eigenvalue weighted by atomic mass is 9.89. The van der Waals surface area contributed by atoms with Gasteiger partial charge in [-0.05, 0) is 51.3 Å². The van der Waals surface area contributed by atoms with Crippen molar-refractivity contribution in [2.24, 2.45) is 5.73 Å². The Bertz CT molecular complexity index is 444. The van der Waals surface area contributed by atoms with Crippen LogP contribution in [-0.4, -0.2) is 23.5 Å². The van der Waals surface area contributed by atoms with E-state index in [4.69, 9.17) is 5.73 Å². The van der Waals surface area contributed by atoms with Crippen LogP contribution in [0.15, 0.2) is 22.7 Å². The molecule has 1 unspecified atom stereocenters. The quantitative estimate of drug-likeness (QED) is 0.886. The predicted molar refractivity (Wildman–Crippen MR) is 85.1 cm³/mol. The van der Waals surface area contributed by atoms with Crippen molar-refractivity contribution >= 4 is 15.9 Å². The minimum Gasteiger partial charge on any atom is -0.328 e. The van der Waals surface area contributed by atoms with Crippen molar-refractivity contribution in [2.45, 2.75) is 57.7 Å². The predicted octanol–water partition coefficient (Wildman–Crippen LogP) is 4.24. The van der Waals surface area contributed by atoms with Crippen LogP contribution >= 0.6 is 15.9 Å². The monoisotopic (exact) mass is 342 g/mol. The molecule has 0 bridgehead atoms. The standard InChI is InChI=1S/C16H24BrFN2/c1-3-20(14-7-5-13(19)6-8-14)11(2)15-9-4-12(17)10-16(15)18/h4,9-11,13-14H,3,5-8,19H2,1-2H3. The van der Waals surface area contributed by atoms with Gasteiger partial charge in [0.2, 0.25) is 0 Å². The van der Waals surface area contributed by atoms with E-state index in [1.165, 1.54) is 0 Å². The molecule has 2 rings (SSSR count). The van der Waals surface area contributed by atoms with Crippen LogP contribution in [-0.2, 0) is 0 Å². The third kappa shape index (κ3) is 3.60. The number of rotatable bonds is 4. The lowest BCUT2D eigenvalue weighted by molar-refractivity contribution is 0.112. The molecule has 2 nitrogen and oxygen atoms in total. The van der Waals surface area contributed by atoms with Crippen molar-refractivity contribution in [3.8, 4) is 0 Å². The minimum absolute atomic E-state index is 0.104. The molecule has 1 fully saturated rings. The van der Waals surface area contributed by atoms with Crippen LogP contribution in [0.1, 0.15) is 51.1 Å². The molecule has 1 saturated carbocycles. The van der Waals surface area contributed by atoms with Gasteiger partial charge in [-0.3, -0.25) is 4.90 Å². The fourth-order valence-electron chi connectivity index (χ4n) is 3.30. The summed E-state index contributed by atoms with van der Waals surface area (Å²) in [5, 5.41) is 0. The van der Waals surface area contributed by atoms with Crippen molar-refractivity contribution in [1.29, 1.82) is 0 Å². The van der Waals surface area contributed by atoms with E-state index in [-0.39, 0.29) is 11.9 Å². The summed E-state index contributed by atoms with van der Waals surface area (Å²) in [4.78, 5) is 2.41. The maximum absolute atomic E-state index is 14.2. The summed E-state index contributed by atoms with van der Waals surface area (Å²) >= 11 is 3.32. The maximum atomic E-state index is 14.2. The van der Waals surface area contributed by atoms with E-state index in [1.807, 2.05) is 12.1 Å². The molecule has 2 N–H and O–H groups in total. The minimum atomic E-state index is -0.127. The Hall–Kier alpha value is -0.450. The second-order valence-electron chi connectivity index (χ2n) is 5.74. The molecule has 4 heteroatoms. The van der Waals surface area contributed by atoms with E-state index in [9.17, 15) is 4.39 Å². The van der Waals surface area contributed by atoms with E-state index in [0.29, 0.717) is 12.1 Å². The van der Waals surface area contributed by atoms with Gasteiger partial charge in [0.15, 0.2) is 0 Å². The highest BCUT2D eigenvalue weighted by Gasteiger charge is 2.28. The highest BCUT2D eigenvalue weighted by Crippen LogP contribution is 2.31. The molecule has 0 saturated heterocycles. The molecule has 1 aromatic carbocycles. The molecule has 1 aromatic rings. The Kier molecular flexibility index (Phi) is 5.58. The second kappa shape index (κ2) is 7.01. The van der Waals surface area contributed by atoms with Gasteiger partial charge < -0.3 is 5.73 Å². The van der Waals surface area contributed by atoms with Gasteiger partial charge in [0.25, 0.3) is 0 Å². The molecule has 1 aliphatic carbocycles. The molecule has 0 spiro atoms. The van der Waals surface area contributed by atoms with Crippen molar-refractivity contribution in [2.75, 3.05) is 6.54 Å². The topological polar surface area (TPSA) is 29.3 Å². The molecular weight excluding hydrogens is 319 g/mol.